The van der Waals surface area contributed by atoms with Crippen LogP contribution in [0.2, 0.25) is 0 Å². The molecule has 1 heterocycles. The van der Waals surface area contributed by atoms with Crippen LogP contribution in [0.3, 0.4) is 0 Å². The third-order valence-corrected chi connectivity index (χ3v) is 4.35. The first-order chi connectivity index (χ1) is 13.0. The molecule has 1 amide bonds. The van der Waals surface area contributed by atoms with Crippen molar-refractivity contribution in [2.45, 2.75) is 33.4 Å². The molecule has 1 unspecified atom stereocenters. The summed E-state index contributed by atoms with van der Waals surface area (Å²) in [6, 6.07) is 7.21. The van der Waals surface area contributed by atoms with Crippen molar-refractivity contribution in [2.24, 2.45) is 16.6 Å². The molecule has 7 nitrogen and oxygen atoms in total. The molecule has 1 aromatic rings. The number of nitrogens with zero attached hydrogens (tertiary/aromatic N) is 2. The number of carbonyl (C=O) groups excluding carboxylic acids is 1. The number of nitrogens with two attached hydrogens (primary N) is 1. The van der Waals surface area contributed by atoms with Gasteiger partial charge in [0.2, 0.25) is 5.91 Å². The highest BCUT2D eigenvalue weighted by molar-refractivity contribution is 14.0. The predicted molar refractivity (Wildman–Crippen MR) is 124 cm³/mol. The maximum atomic E-state index is 11.1. The molecular formula is C20H34IN5O2. The number of aliphatic imine (C=N–C) groups is 1. The molecule has 0 radical (unpaired) electrons. The molecule has 8 heteroatoms. The van der Waals surface area contributed by atoms with E-state index in [1.807, 2.05) is 19.1 Å². The van der Waals surface area contributed by atoms with Crippen molar-refractivity contribution in [3.8, 4) is 0 Å². The highest BCUT2D eigenvalue weighted by Crippen LogP contribution is 2.08. The molecule has 1 aliphatic rings. The second-order valence-corrected chi connectivity index (χ2v) is 7.28. The van der Waals surface area contributed by atoms with Crippen LogP contribution in [0, 0.1) is 5.92 Å². The Morgan fingerprint density at radius 3 is 2.64 bits per heavy atom. The molecule has 2 rings (SSSR count). The van der Waals surface area contributed by atoms with Gasteiger partial charge in [0.25, 0.3) is 0 Å². The molecule has 0 aromatic heterocycles. The smallest absolute Gasteiger partial charge is 0.248 e. The van der Waals surface area contributed by atoms with E-state index < -0.39 is 5.91 Å². The Bertz CT molecular complexity index is 622. The van der Waals surface area contributed by atoms with Crippen LogP contribution >= 0.6 is 24.0 Å². The Balaban J connectivity index is 0.00000392. The first-order valence-corrected chi connectivity index (χ1v) is 9.72. The van der Waals surface area contributed by atoms with Gasteiger partial charge < -0.3 is 21.1 Å². The quantitative estimate of drug-likeness (QED) is 0.286. The van der Waals surface area contributed by atoms with Crippen LogP contribution in [0.4, 0.5) is 0 Å². The summed E-state index contributed by atoms with van der Waals surface area (Å²) in [4.78, 5) is 18.2. The molecule has 0 bridgehead atoms. The van der Waals surface area contributed by atoms with Gasteiger partial charge in [0.05, 0.1) is 19.3 Å². The average molecular weight is 503 g/mol. The van der Waals surface area contributed by atoms with Crippen molar-refractivity contribution >= 4 is 35.8 Å². The van der Waals surface area contributed by atoms with E-state index in [0.29, 0.717) is 18.0 Å². The highest BCUT2D eigenvalue weighted by atomic mass is 127. The maximum absolute atomic E-state index is 11.1. The van der Waals surface area contributed by atoms with E-state index >= 15 is 0 Å². The molecule has 0 aliphatic carbocycles. The van der Waals surface area contributed by atoms with Crippen LogP contribution in [-0.2, 0) is 11.3 Å². The number of halogens is 1. The summed E-state index contributed by atoms with van der Waals surface area (Å²) >= 11 is 0. The van der Waals surface area contributed by atoms with Crippen LogP contribution < -0.4 is 16.4 Å². The lowest BCUT2D eigenvalue weighted by Crippen LogP contribution is -2.50. The summed E-state index contributed by atoms with van der Waals surface area (Å²) in [7, 11) is 0. The maximum Gasteiger partial charge on any atom is 0.248 e. The van der Waals surface area contributed by atoms with E-state index in [9.17, 15) is 4.79 Å². The zero-order valence-electron chi connectivity index (χ0n) is 17.1. The number of amides is 1. The Morgan fingerprint density at radius 2 is 2.04 bits per heavy atom. The van der Waals surface area contributed by atoms with Gasteiger partial charge in [-0.25, -0.2) is 4.99 Å². The molecule has 0 spiro atoms. The van der Waals surface area contributed by atoms with Crippen molar-refractivity contribution in [1.29, 1.82) is 0 Å². The number of guanidine groups is 1. The summed E-state index contributed by atoms with van der Waals surface area (Å²) in [5.41, 5.74) is 6.80. The van der Waals surface area contributed by atoms with Gasteiger partial charge >= 0.3 is 0 Å². The first kappa shape index (κ1) is 24.6. The molecule has 0 saturated carbocycles. The molecule has 1 fully saturated rings. The minimum atomic E-state index is -0.418. The van der Waals surface area contributed by atoms with Crippen molar-refractivity contribution in [3.63, 3.8) is 0 Å². The van der Waals surface area contributed by atoms with Gasteiger partial charge in [-0.3, -0.25) is 9.69 Å². The molecule has 4 N–H and O–H groups in total. The molecule has 28 heavy (non-hydrogen) atoms. The fourth-order valence-corrected chi connectivity index (χ4v) is 3.08. The minimum absolute atomic E-state index is 0. The Morgan fingerprint density at radius 1 is 1.32 bits per heavy atom. The van der Waals surface area contributed by atoms with E-state index in [0.717, 1.165) is 50.9 Å². The predicted octanol–water partition coefficient (Wildman–Crippen LogP) is 1.82. The Hall–Kier alpha value is -1.39. The standard InChI is InChI=1S/C20H33N5O2.HI/c1-4-22-20(23-11-16-5-7-17(8-6-16)19(21)26)24-12-18-14-25(9-10-27-18)13-15(2)3;/h5-8,15,18H,4,9-14H2,1-3H3,(H2,21,26)(H2,22,23,24);1H. The fraction of sp³-hybridized carbons (Fsp3) is 0.600. The number of hydrogen-bond donors (Lipinski definition) is 3. The van der Waals surface area contributed by atoms with Gasteiger partial charge in [0, 0.05) is 38.3 Å². The van der Waals surface area contributed by atoms with Crippen molar-refractivity contribution in [2.75, 3.05) is 39.3 Å². The van der Waals surface area contributed by atoms with Crippen LogP contribution in [0.15, 0.2) is 29.3 Å². The number of benzene rings is 1. The fourth-order valence-electron chi connectivity index (χ4n) is 3.08. The van der Waals surface area contributed by atoms with E-state index in [1.165, 1.54) is 0 Å². The molecular weight excluding hydrogens is 469 g/mol. The number of morpholine rings is 1. The second kappa shape index (κ2) is 12.9. The average Bonchev–Trinajstić information content (AvgIpc) is 2.64. The van der Waals surface area contributed by atoms with E-state index in [4.69, 9.17) is 10.5 Å². The lowest BCUT2D eigenvalue weighted by atomic mass is 10.1. The third-order valence-electron chi connectivity index (χ3n) is 4.35. The van der Waals surface area contributed by atoms with Crippen molar-refractivity contribution < 1.29 is 9.53 Å². The second-order valence-electron chi connectivity index (χ2n) is 7.28. The van der Waals surface area contributed by atoms with Gasteiger partial charge in [-0.1, -0.05) is 26.0 Å². The van der Waals surface area contributed by atoms with Gasteiger partial charge in [-0.2, -0.15) is 0 Å². The van der Waals surface area contributed by atoms with Crippen LogP contribution in [-0.4, -0.2) is 62.2 Å². The van der Waals surface area contributed by atoms with Gasteiger partial charge in [-0.15, -0.1) is 24.0 Å². The number of rotatable bonds is 8. The van der Waals surface area contributed by atoms with Gasteiger partial charge in [-0.05, 0) is 30.5 Å². The zero-order chi connectivity index (χ0) is 19.6. The van der Waals surface area contributed by atoms with E-state index in [1.54, 1.807) is 12.1 Å². The summed E-state index contributed by atoms with van der Waals surface area (Å²) in [5.74, 6) is 1.01. The summed E-state index contributed by atoms with van der Waals surface area (Å²) < 4.78 is 5.89. The molecule has 158 valence electrons. The summed E-state index contributed by atoms with van der Waals surface area (Å²) in [5, 5.41) is 6.64. The van der Waals surface area contributed by atoms with E-state index in [-0.39, 0.29) is 30.1 Å². The van der Waals surface area contributed by atoms with Crippen LogP contribution in [0.1, 0.15) is 36.7 Å². The number of carbonyl (C=O) groups is 1. The number of primary amides is 1. The normalized spacial score (nSPS) is 17.9. The third kappa shape index (κ3) is 8.74. The van der Waals surface area contributed by atoms with Gasteiger partial charge in [0.15, 0.2) is 5.96 Å². The lowest BCUT2D eigenvalue weighted by molar-refractivity contribution is -0.0284. The highest BCUT2D eigenvalue weighted by Gasteiger charge is 2.21. The lowest BCUT2D eigenvalue weighted by Gasteiger charge is -2.34. The molecule has 1 aromatic carbocycles. The Labute approximate surface area is 185 Å². The number of nitrogens with one attached hydrogen (secondary N) is 2. The Kier molecular flexibility index (Phi) is 11.4. The van der Waals surface area contributed by atoms with E-state index in [2.05, 4.69) is 34.4 Å². The number of hydrogen-bond acceptors (Lipinski definition) is 4. The molecule has 1 atom stereocenters. The van der Waals surface area contributed by atoms with Gasteiger partial charge in [0.1, 0.15) is 0 Å². The number of ether oxygens (including phenoxy) is 1. The largest absolute Gasteiger partial charge is 0.374 e. The van der Waals surface area contributed by atoms with Crippen molar-refractivity contribution in [1.82, 2.24) is 15.5 Å². The minimum Gasteiger partial charge on any atom is -0.374 e. The molecule has 1 saturated heterocycles. The van der Waals surface area contributed by atoms with Crippen LogP contribution in [0.5, 0.6) is 0 Å². The van der Waals surface area contributed by atoms with Crippen molar-refractivity contribution in [3.05, 3.63) is 35.4 Å². The monoisotopic (exact) mass is 503 g/mol. The summed E-state index contributed by atoms with van der Waals surface area (Å²) in [6.07, 6.45) is 0.163. The molecule has 1 aliphatic heterocycles. The summed E-state index contributed by atoms with van der Waals surface area (Å²) in [6.45, 7) is 12.4. The topological polar surface area (TPSA) is 92.0 Å². The first-order valence-electron chi connectivity index (χ1n) is 9.72. The van der Waals surface area contributed by atoms with Crippen LogP contribution in [0.25, 0.3) is 0 Å². The zero-order valence-corrected chi connectivity index (χ0v) is 19.4. The SMILES string of the molecule is CCNC(=NCc1ccc(C(N)=O)cc1)NCC1CN(CC(C)C)CCO1.I.